The molecule has 3 heteroatoms. The predicted octanol–water partition coefficient (Wildman–Crippen LogP) is 2.85. The predicted molar refractivity (Wildman–Crippen MR) is 61.4 cm³/mol. The van der Waals surface area contributed by atoms with Crippen molar-refractivity contribution in [3.05, 3.63) is 0 Å². The number of fused-ring (bicyclic) bond motifs is 5. The van der Waals surface area contributed by atoms with Crippen molar-refractivity contribution in [3.63, 3.8) is 0 Å². The molecule has 2 nitrogen and oxygen atoms in total. The molecule has 15 heavy (non-hydrogen) atoms. The van der Waals surface area contributed by atoms with Crippen molar-refractivity contribution in [3.8, 4) is 0 Å². The van der Waals surface area contributed by atoms with Crippen molar-refractivity contribution in [2.75, 3.05) is 5.88 Å². The molecule has 2 fully saturated rings. The molecular weight excluding hydrogens is 210 g/mol. The number of rotatable bonds is 1. The third-order valence-corrected chi connectivity index (χ3v) is 5.62. The average Bonchev–Trinajstić information content (AvgIpc) is 2.74. The molecule has 0 N–H and O–H groups in total. The van der Waals surface area contributed by atoms with Crippen molar-refractivity contribution < 1.29 is 4.74 Å². The van der Waals surface area contributed by atoms with Crippen molar-refractivity contribution in [2.45, 2.75) is 45.8 Å². The van der Waals surface area contributed by atoms with E-state index in [2.05, 4.69) is 25.8 Å². The van der Waals surface area contributed by atoms with Crippen LogP contribution >= 0.6 is 11.6 Å². The number of halogens is 1. The Bertz CT molecular complexity index is 339. The van der Waals surface area contributed by atoms with Gasteiger partial charge in [0.15, 0.2) is 5.90 Å². The van der Waals surface area contributed by atoms with E-state index >= 15 is 0 Å². The van der Waals surface area contributed by atoms with E-state index in [-0.39, 0.29) is 0 Å². The molecule has 0 unspecified atom stereocenters. The molecule has 4 atom stereocenters. The topological polar surface area (TPSA) is 21.6 Å². The molecular formula is C12H18ClNO. The minimum atomic E-state index is 0.291. The van der Waals surface area contributed by atoms with Crippen LogP contribution in [0.3, 0.4) is 0 Å². The molecule has 0 aromatic rings. The molecule has 1 aliphatic heterocycles. The summed E-state index contributed by atoms with van der Waals surface area (Å²) >= 11 is 5.80. The lowest BCUT2D eigenvalue weighted by Crippen LogP contribution is -2.39. The highest BCUT2D eigenvalue weighted by atomic mass is 35.5. The first-order valence-corrected chi connectivity index (χ1v) is 6.33. The van der Waals surface area contributed by atoms with Gasteiger partial charge < -0.3 is 4.74 Å². The summed E-state index contributed by atoms with van der Waals surface area (Å²) in [7, 11) is 0. The molecule has 0 saturated heterocycles. The molecule has 3 rings (SSSR count). The zero-order valence-corrected chi connectivity index (χ0v) is 10.3. The maximum Gasteiger partial charge on any atom is 0.199 e. The molecule has 2 saturated carbocycles. The molecule has 3 aliphatic rings. The third kappa shape index (κ3) is 0.950. The maximum atomic E-state index is 5.93. The fourth-order valence-corrected chi connectivity index (χ4v) is 4.16. The Kier molecular flexibility index (Phi) is 1.80. The fourth-order valence-electron chi connectivity index (χ4n) is 4.02. The van der Waals surface area contributed by atoms with Gasteiger partial charge in [0, 0.05) is 5.41 Å². The van der Waals surface area contributed by atoms with Crippen molar-refractivity contribution >= 4 is 17.5 Å². The summed E-state index contributed by atoms with van der Waals surface area (Å²) in [4.78, 5) is 4.65. The van der Waals surface area contributed by atoms with Crippen LogP contribution in [0.1, 0.15) is 33.6 Å². The molecule has 0 aromatic carbocycles. The van der Waals surface area contributed by atoms with Crippen LogP contribution in [0.2, 0.25) is 0 Å². The molecule has 0 radical (unpaired) electrons. The van der Waals surface area contributed by atoms with E-state index in [1.807, 2.05) is 0 Å². The van der Waals surface area contributed by atoms with Gasteiger partial charge in [-0.25, -0.2) is 4.99 Å². The van der Waals surface area contributed by atoms with Crippen LogP contribution in [-0.2, 0) is 4.74 Å². The van der Waals surface area contributed by atoms with E-state index in [0.717, 1.165) is 5.90 Å². The van der Waals surface area contributed by atoms with Gasteiger partial charge in [-0.1, -0.05) is 20.8 Å². The third-order valence-electron chi connectivity index (χ3n) is 5.39. The first-order valence-electron chi connectivity index (χ1n) is 5.80. The maximum absolute atomic E-state index is 5.93. The summed E-state index contributed by atoms with van der Waals surface area (Å²) in [5.41, 5.74) is 0.656. The van der Waals surface area contributed by atoms with Gasteiger partial charge in [-0.05, 0) is 24.2 Å². The number of nitrogens with zero attached hydrogens (tertiary/aromatic N) is 1. The highest BCUT2D eigenvalue weighted by Crippen LogP contribution is 2.67. The van der Waals surface area contributed by atoms with Gasteiger partial charge in [-0.3, -0.25) is 0 Å². The lowest BCUT2D eigenvalue weighted by Gasteiger charge is -2.37. The first-order chi connectivity index (χ1) is 7.00. The highest BCUT2D eigenvalue weighted by Gasteiger charge is 2.69. The minimum absolute atomic E-state index is 0.291. The number of hydrogen-bond donors (Lipinski definition) is 0. The van der Waals surface area contributed by atoms with E-state index < -0.39 is 0 Å². The quantitative estimate of drug-likeness (QED) is 0.632. The van der Waals surface area contributed by atoms with Gasteiger partial charge in [-0.15, -0.1) is 11.6 Å². The Morgan fingerprint density at radius 2 is 2.20 bits per heavy atom. The minimum Gasteiger partial charge on any atom is -0.474 e. The molecule has 2 aliphatic carbocycles. The standard InChI is InChI=1S/C12H18ClNO/c1-11(2)7-4-5-12(11,3)10-9(7)14-8(6-13)15-10/h7,9-10H,4-6H2,1-3H3/t7-,9-,10-,12+/m1/s1. The smallest absolute Gasteiger partial charge is 0.199 e. The summed E-state index contributed by atoms with van der Waals surface area (Å²) in [5, 5.41) is 0. The lowest BCUT2D eigenvalue weighted by atomic mass is 9.70. The van der Waals surface area contributed by atoms with E-state index in [4.69, 9.17) is 16.3 Å². The molecule has 0 spiro atoms. The Morgan fingerprint density at radius 3 is 2.80 bits per heavy atom. The van der Waals surface area contributed by atoms with Gasteiger partial charge >= 0.3 is 0 Å². The Labute approximate surface area is 96.0 Å². The lowest BCUT2D eigenvalue weighted by molar-refractivity contribution is 0.0278. The average molecular weight is 228 g/mol. The fraction of sp³-hybridized carbons (Fsp3) is 0.917. The van der Waals surface area contributed by atoms with Gasteiger partial charge in [0.1, 0.15) is 6.10 Å². The second-order valence-electron chi connectivity index (χ2n) is 5.97. The van der Waals surface area contributed by atoms with Crippen LogP contribution < -0.4 is 0 Å². The second kappa shape index (κ2) is 2.71. The van der Waals surface area contributed by atoms with Gasteiger partial charge in [0.25, 0.3) is 0 Å². The molecule has 0 amide bonds. The zero-order valence-electron chi connectivity index (χ0n) is 9.59. The number of ether oxygens (including phenoxy) is 1. The summed E-state index contributed by atoms with van der Waals surface area (Å²) < 4.78 is 5.93. The SMILES string of the molecule is CC1(C)[C@@H]2CC[C@@]1(C)[C@@H]1OC(CCl)=N[C@H]21. The van der Waals surface area contributed by atoms with Crippen molar-refractivity contribution in [1.82, 2.24) is 0 Å². The van der Waals surface area contributed by atoms with Crippen LogP contribution in [0.5, 0.6) is 0 Å². The van der Waals surface area contributed by atoms with Crippen molar-refractivity contribution in [1.29, 1.82) is 0 Å². The van der Waals surface area contributed by atoms with E-state index in [9.17, 15) is 0 Å². The van der Waals surface area contributed by atoms with E-state index in [0.29, 0.717) is 34.8 Å². The molecule has 0 aromatic heterocycles. The second-order valence-corrected chi connectivity index (χ2v) is 6.24. The van der Waals surface area contributed by atoms with Crippen LogP contribution in [0.15, 0.2) is 4.99 Å². The summed E-state index contributed by atoms with van der Waals surface area (Å²) in [6.07, 6.45) is 2.87. The molecule has 84 valence electrons. The number of hydrogen-bond acceptors (Lipinski definition) is 2. The van der Waals surface area contributed by atoms with Gasteiger partial charge in [-0.2, -0.15) is 0 Å². The zero-order chi connectivity index (χ0) is 10.8. The Morgan fingerprint density at radius 1 is 1.47 bits per heavy atom. The van der Waals surface area contributed by atoms with E-state index in [1.165, 1.54) is 12.8 Å². The Balaban J connectivity index is 2.01. The summed E-state index contributed by atoms with van der Waals surface area (Å²) in [5.74, 6) is 1.88. The van der Waals surface area contributed by atoms with Gasteiger partial charge in [0.2, 0.25) is 0 Å². The number of aliphatic imine (C=N–C) groups is 1. The molecule has 2 bridgehead atoms. The van der Waals surface area contributed by atoms with Crippen LogP contribution in [0, 0.1) is 16.7 Å². The first kappa shape index (κ1) is 9.95. The van der Waals surface area contributed by atoms with Crippen LogP contribution in [0.25, 0.3) is 0 Å². The van der Waals surface area contributed by atoms with Crippen LogP contribution in [0.4, 0.5) is 0 Å². The molecule has 1 heterocycles. The van der Waals surface area contributed by atoms with Crippen molar-refractivity contribution in [2.24, 2.45) is 21.7 Å². The normalized spacial score (nSPS) is 50.1. The largest absolute Gasteiger partial charge is 0.474 e. The number of alkyl halides is 1. The monoisotopic (exact) mass is 227 g/mol. The highest BCUT2D eigenvalue weighted by molar-refractivity contribution is 6.27. The Hall–Kier alpha value is -0.240. The van der Waals surface area contributed by atoms with Crippen LogP contribution in [-0.4, -0.2) is 23.9 Å². The van der Waals surface area contributed by atoms with Gasteiger partial charge in [0.05, 0.1) is 11.9 Å². The summed E-state index contributed by atoms with van der Waals surface area (Å²) in [6.45, 7) is 7.12. The van der Waals surface area contributed by atoms with E-state index in [1.54, 1.807) is 0 Å². The summed E-state index contributed by atoms with van der Waals surface area (Å²) in [6, 6.07) is 0.382.